The van der Waals surface area contributed by atoms with E-state index in [1.54, 1.807) is 36.5 Å². The maximum atomic E-state index is 16.2. The number of imidazole rings is 1. The van der Waals surface area contributed by atoms with Gasteiger partial charge < -0.3 is 20.1 Å². The van der Waals surface area contributed by atoms with E-state index < -0.39 is 35.8 Å². The van der Waals surface area contributed by atoms with Gasteiger partial charge in [-0.25, -0.2) is 33.3 Å². The zero-order chi connectivity index (χ0) is 39.9. The molecule has 2 N–H and O–H groups in total. The molecule has 13 nitrogen and oxygen atoms in total. The summed E-state index contributed by atoms with van der Waals surface area (Å²) in [6, 6.07) is 18.8. The van der Waals surface area contributed by atoms with Crippen molar-refractivity contribution in [3.8, 4) is 17.2 Å². The van der Waals surface area contributed by atoms with Crippen molar-refractivity contribution in [3.05, 3.63) is 95.4 Å². The maximum absolute atomic E-state index is 16.2. The molecular weight excluding hydrogens is 733 g/mol. The molecule has 1 atom stereocenters. The lowest BCUT2D eigenvalue weighted by atomic mass is 9.91. The van der Waals surface area contributed by atoms with Crippen molar-refractivity contribution in [2.45, 2.75) is 70.1 Å². The molecule has 0 aliphatic carbocycles. The quantitative estimate of drug-likeness (QED) is 0.163. The van der Waals surface area contributed by atoms with Crippen molar-refractivity contribution in [2.75, 3.05) is 56.4 Å². The molecular formula is C42H49F2N9O4. The highest BCUT2D eigenvalue weighted by Crippen LogP contribution is 2.39. The van der Waals surface area contributed by atoms with Crippen molar-refractivity contribution in [1.29, 1.82) is 0 Å². The number of nitrogen functional groups attached to an aromatic ring is 1. The molecule has 57 heavy (non-hydrogen) atoms. The highest BCUT2D eigenvalue weighted by Gasteiger charge is 2.47. The van der Waals surface area contributed by atoms with Crippen LogP contribution in [-0.2, 0) is 4.74 Å². The van der Waals surface area contributed by atoms with E-state index in [2.05, 4.69) is 24.8 Å². The molecule has 0 saturated carbocycles. The van der Waals surface area contributed by atoms with Crippen LogP contribution in [0.25, 0.3) is 16.9 Å². The van der Waals surface area contributed by atoms with Gasteiger partial charge in [-0.1, -0.05) is 18.2 Å². The van der Waals surface area contributed by atoms with Crippen LogP contribution in [0.4, 0.5) is 20.3 Å². The number of anilines is 2. The van der Waals surface area contributed by atoms with Gasteiger partial charge in [0.05, 0.1) is 24.1 Å². The number of fused-ring (bicyclic) bond motifs is 1. The monoisotopic (exact) mass is 781 g/mol. The smallest absolute Gasteiger partial charge is 0.357 e. The summed E-state index contributed by atoms with van der Waals surface area (Å²) in [5.74, 6) is -1.89. The Kier molecular flexibility index (Phi) is 10.5. The lowest BCUT2D eigenvalue weighted by molar-refractivity contribution is -0.104. The van der Waals surface area contributed by atoms with E-state index in [9.17, 15) is 9.59 Å². The normalized spacial score (nSPS) is 19.7. The number of benzene rings is 2. The summed E-state index contributed by atoms with van der Waals surface area (Å²) in [5, 5.41) is 0. The van der Waals surface area contributed by atoms with E-state index in [0.717, 1.165) is 55.7 Å². The Morgan fingerprint density at radius 2 is 1.60 bits per heavy atom. The number of rotatable bonds is 10. The van der Waals surface area contributed by atoms with Crippen molar-refractivity contribution < 1.29 is 23.0 Å². The van der Waals surface area contributed by atoms with Crippen molar-refractivity contribution in [2.24, 2.45) is 5.92 Å². The molecule has 300 valence electrons. The number of piperidine rings is 2. The molecule has 3 saturated heterocycles. The van der Waals surface area contributed by atoms with E-state index in [0.29, 0.717) is 47.9 Å². The topological polar surface area (TPSA) is 137 Å². The number of pyridine rings is 1. The zero-order valence-electron chi connectivity index (χ0n) is 32.6. The third-order valence-electron chi connectivity index (χ3n) is 11.3. The summed E-state index contributed by atoms with van der Waals surface area (Å²) in [6.45, 7) is 9.86. The number of hydrogen-bond donors (Lipinski definition) is 1. The van der Waals surface area contributed by atoms with Gasteiger partial charge in [-0.15, -0.1) is 0 Å². The number of hydrogen-bond acceptors (Lipinski definition) is 11. The van der Waals surface area contributed by atoms with Gasteiger partial charge in [0.2, 0.25) is 0 Å². The molecule has 0 radical (unpaired) electrons. The number of carbonyl (C=O) groups is 1. The van der Waals surface area contributed by atoms with E-state index in [1.807, 2.05) is 62.1 Å². The number of para-hydroxylation sites is 1. The predicted octanol–water partition coefficient (Wildman–Crippen LogP) is 6.18. The van der Waals surface area contributed by atoms with Crippen LogP contribution in [-0.4, -0.2) is 103 Å². The van der Waals surface area contributed by atoms with Crippen LogP contribution in [0, 0.1) is 5.92 Å². The van der Waals surface area contributed by atoms with Crippen LogP contribution in [0.3, 0.4) is 0 Å². The molecule has 15 heteroatoms. The Hall–Kier alpha value is -5.41. The molecule has 3 aliphatic heterocycles. The van der Waals surface area contributed by atoms with Gasteiger partial charge in [-0.3, -0.25) is 18.9 Å². The Morgan fingerprint density at radius 3 is 2.26 bits per heavy atom. The van der Waals surface area contributed by atoms with Crippen molar-refractivity contribution >= 4 is 28.6 Å². The van der Waals surface area contributed by atoms with Gasteiger partial charge in [-0.05, 0) is 121 Å². The molecule has 0 bridgehead atoms. The highest BCUT2D eigenvalue weighted by molar-refractivity contribution is 5.88. The van der Waals surface area contributed by atoms with Gasteiger partial charge in [0.15, 0.2) is 11.5 Å². The second-order valence-electron chi connectivity index (χ2n) is 16.4. The standard InChI is InChI=1S/C42H49F2N9O4/c1-41(2,3)57-39(54)34-14-11-30(23-46-34)51-24-31(25-51)50-21-16-28(17-22-50)15-19-49-20-18-35(42(43,44)26-49)53-38-36(37(45)47-27-48-38)52(40(53)55)29-9-12-33(13-10-29)56-32-7-5-4-6-8-32/h4-14,23,27-28,31,35H,15-22,24-26H2,1-3H3,(H2,45,47,48)/t35-/m1/s1. The van der Waals surface area contributed by atoms with Gasteiger partial charge in [0.1, 0.15) is 40.7 Å². The van der Waals surface area contributed by atoms with Gasteiger partial charge in [0.25, 0.3) is 5.92 Å². The SMILES string of the molecule is CC(C)(C)OC(=O)c1ccc(N2CC(N3CCC(CCN4CC[C@@H](n5c(=O)n(-c6ccc(Oc7ccccc7)cc6)c6c(N)ncnc65)C(F)(F)C4)CC3)C2)cn1. The molecule has 5 aromatic rings. The number of aromatic nitrogens is 5. The summed E-state index contributed by atoms with van der Waals surface area (Å²) < 4.78 is 46.1. The molecule has 0 spiro atoms. The van der Waals surface area contributed by atoms with Crippen LogP contribution < -0.4 is 21.1 Å². The van der Waals surface area contributed by atoms with E-state index in [1.165, 1.54) is 10.9 Å². The molecule has 6 heterocycles. The van der Waals surface area contributed by atoms with Crippen LogP contribution in [0.2, 0.25) is 0 Å². The first-order chi connectivity index (χ1) is 27.3. The molecule has 2 aromatic carbocycles. The van der Waals surface area contributed by atoms with Gasteiger partial charge in [0, 0.05) is 25.7 Å². The first-order valence-corrected chi connectivity index (χ1v) is 19.7. The first kappa shape index (κ1) is 38.5. The van der Waals surface area contributed by atoms with Gasteiger partial charge >= 0.3 is 11.7 Å². The number of nitrogens with zero attached hydrogens (tertiary/aromatic N) is 8. The summed E-state index contributed by atoms with van der Waals surface area (Å²) >= 11 is 0. The lowest BCUT2D eigenvalue weighted by Gasteiger charge is -2.48. The molecule has 3 aliphatic rings. The molecule has 0 amide bonds. The van der Waals surface area contributed by atoms with Crippen molar-refractivity contribution in [3.63, 3.8) is 0 Å². The van der Waals surface area contributed by atoms with Crippen LogP contribution in [0.5, 0.6) is 11.5 Å². The summed E-state index contributed by atoms with van der Waals surface area (Å²) in [6.07, 6.45) is 5.96. The summed E-state index contributed by atoms with van der Waals surface area (Å²) in [5.41, 5.74) is 7.07. The Bertz CT molecular complexity index is 2240. The second-order valence-corrected chi connectivity index (χ2v) is 16.4. The second kappa shape index (κ2) is 15.5. The van der Waals surface area contributed by atoms with Crippen LogP contribution in [0.15, 0.2) is 84.0 Å². The highest BCUT2D eigenvalue weighted by atomic mass is 19.3. The average Bonchev–Trinajstić information content (AvgIpc) is 3.46. The zero-order valence-corrected chi connectivity index (χ0v) is 32.6. The first-order valence-electron chi connectivity index (χ1n) is 19.7. The fraction of sp³-hybridized carbons (Fsp3) is 0.452. The fourth-order valence-electron chi connectivity index (χ4n) is 8.28. The number of esters is 1. The number of ether oxygens (including phenoxy) is 2. The minimum absolute atomic E-state index is 0.0330. The molecule has 0 unspecified atom stereocenters. The Balaban J connectivity index is 0.846. The Morgan fingerprint density at radius 1 is 0.895 bits per heavy atom. The molecule has 3 aromatic heterocycles. The van der Waals surface area contributed by atoms with Crippen LogP contribution >= 0.6 is 0 Å². The number of halogens is 2. The van der Waals surface area contributed by atoms with E-state index >= 15 is 8.78 Å². The number of carbonyl (C=O) groups excluding carboxylic acids is 1. The minimum Gasteiger partial charge on any atom is -0.457 e. The number of nitrogens with two attached hydrogens (primary N) is 1. The van der Waals surface area contributed by atoms with E-state index in [-0.39, 0.29) is 23.4 Å². The summed E-state index contributed by atoms with van der Waals surface area (Å²) in [4.78, 5) is 45.8. The largest absolute Gasteiger partial charge is 0.457 e. The van der Waals surface area contributed by atoms with Crippen LogP contribution in [0.1, 0.15) is 63.0 Å². The van der Waals surface area contributed by atoms with E-state index in [4.69, 9.17) is 15.2 Å². The number of alkyl halides is 2. The molecule has 8 rings (SSSR count). The van der Waals surface area contributed by atoms with Crippen molar-refractivity contribution in [1.82, 2.24) is 33.9 Å². The minimum atomic E-state index is -3.18. The third kappa shape index (κ3) is 8.21. The molecule has 3 fully saturated rings. The summed E-state index contributed by atoms with van der Waals surface area (Å²) in [7, 11) is 0. The van der Waals surface area contributed by atoms with Gasteiger partial charge in [-0.2, -0.15) is 0 Å². The maximum Gasteiger partial charge on any atom is 0.357 e. The third-order valence-corrected chi connectivity index (χ3v) is 11.3. The lowest BCUT2D eigenvalue weighted by Crippen LogP contribution is -2.61. The Labute approximate surface area is 330 Å². The average molecular weight is 782 g/mol. The fourth-order valence-corrected chi connectivity index (χ4v) is 8.28. The number of likely N-dealkylation sites (tertiary alicyclic amines) is 2. The predicted molar refractivity (Wildman–Crippen MR) is 213 cm³/mol.